The molecule has 2 N–H and O–H groups in total. The number of thiazole rings is 1. The van der Waals surface area contributed by atoms with Gasteiger partial charge in [0, 0.05) is 49.3 Å². The Morgan fingerprint density at radius 3 is 2.88 bits per heavy atom. The topological polar surface area (TPSA) is 88.5 Å². The molecule has 0 bridgehead atoms. The molecule has 0 radical (unpaired) electrons. The van der Waals surface area contributed by atoms with Gasteiger partial charge in [0.1, 0.15) is 12.1 Å². The standard InChI is InChI=1S/C17H19N7S/c1-5-19-16(20-6-1)17-24-12(10-25-17)2-9-21-15-13-3-7-18-8-4-14(13)22-11-23-15/h1,5-6,10-11,18H,2-4,7-9H2,(H,21,22,23). The van der Waals surface area contributed by atoms with Crippen LogP contribution in [0.5, 0.6) is 0 Å². The van der Waals surface area contributed by atoms with E-state index >= 15 is 0 Å². The average molecular weight is 353 g/mol. The molecule has 128 valence electrons. The van der Waals surface area contributed by atoms with Gasteiger partial charge in [-0.3, -0.25) is 0 Å². The van der Waals surface area contributed by atoms with Gasteiger partial charge >= 0.3 is 0 Å². The molecule has 25 heavy (non-hydrogen) atoms. The molecule has 1 aliphatic rings. The van der Waals surface area contributed by atoms with E-state index in [4.69, 9.17) is 0 Å². The fourth-order valence-electron chi connectivity index (χ4n) is 2.87. The van der Waals surface area contributed by atoms with Gasteiger partial charge in [-0.2, -0.15) is 0 Å². The highest BCUT2D eigenvalue weighted by atomic mass is 32.1. The van der Waals surface area contributed by atoms with Crippen molar-refractivity contribution in [3.63, 3.8) is 0 Å². The van der Waals surface area contributed by atoms with Crippen LogP contribution >= 0.6 is 11.3 Å². The predicted octanol–water partition coefficient (Wildman–Crippen LogP) is 1.73. The summed E-state index contributed by atoms with van der Waals surface area (Å²) in [6.45, 7) is 2.74. The van der Waals surface area contributed by atoms with E-state index in [2.05, 4.69) is 40.9 Å². The zero-order chi connectivity index (χ0) is 16.9. The fourth-order valence-corrected chi connectivity index (χ4v) is 3.67. The molecule has 0 spiro atoms. The lowest BCUT2D eigenvalue weighted by atomic mass is 10.1. The first-order chi connectivity index (χ1) is 12.4. The van der Waals surface area contributed by atoms with E-state index in [1.807, 2.05) is 6.07 Å². The third-order valence-electron chi connectivity index (χ3n) is 4.11. The predicted molar refractivity (Wildman–Crippen MR) is 97.6 cm³/mol. The van der Waals surface area contributed by atoms with Crippen molar-refractivity contribution in [2.45, 2.75) is 19.3 Å². The average Bonchev–Trinajstić information content (AvgIpc) is 2.99. The maximum atomic E-state index is 4.62. The Morgan fingerprint density at radius 1 is 1.08 bits per heavy atom. The summed E-state index contributed by atoms with van der Waals surface area (Å²) in [6, 6.07) is 1.81. The molecule has 0 saturated heterocycles. The van der Waals surface area contributed by atoms with Crippen molar-refractivity contribution < 1.29 is 0 Å². The molecule has 1 aliphatic heterocycles. The van der Waals surface area contributed by atoms with Crippen molar-refractivity contribution in [1.29, 1.82) is 0 Å². The fraction of sp³-hybridized carbons (Fsp3) is 0.353. The zero-order valence-electron chi connectivity index (χ0n) is 13.8. The number of aromatic nitrogens is 5. The Balaban J connectivity index is 1.40. The molecule has 7 nitrogen and oxygen atoms in total. The Hall–Kier alpha value is -2.45. The molecule has 0 unspecified atom stereocenters. The first-order valence-corrected chi connectivity index (χ1v) is 9.27. The quantitative estimate of drug-likeness (QED) is 0.722. The van der Waals surface area contributed by atoms with Crippen LogP contribution in [0, 0.1) is 0 Å². The molecule has 0 amide bonds. The van der Waals surface area contributed by atoms with Gasteiger partial charge in [0.15, 0.2) is 10.8 Å². The monoisotopic (exact) mass is 353 g/mol. The first kappa shape index (κ1) is 16.0. The van der Waals surface area contributed by atoms with Gasteiger partial charge in [-0.15, -0.1) is 11.3 Å². The van der Waals surface area contributed by atoms with E-state index < -0.39 is 0 Å². The molecule has 3 aromatic heterocycles. The van der Waals surface area contributed by atoms with Gasteiger partial charge in [-0.05, 0) is 19.0 Å². The van der Waals surface area contributed by atoms with E-state index in [-0.39, 0.29) is 0 Å². The van der Waals surface area contributed by atoms with E-state index in [1.54, 1.807) is 30.1 Å². The van der Waals surface area contributed by atoms with Crippen LogP contribution in [0.15, 0.2) is 30.2 Å². The van der Waals surface area contributed by atoms with Crippen molar-refractivity contribution in [3.05, 3.63) is 47.1 Å². The number of nitrogens with one attached hydrogen (secondary N) is 2. The third kappa shape index (κ3) is 3.80. The van der Waals surface area contributed by atoms with Crippen LogP contribution in [0.2, 0.25) is 0 Å². The lowest BCUT2D eigenvalue weighted by Crippen LogP contribution is -2.16. The normalized spacial score (nSPS) is 13.9. The van der Waals surface area contributed by atoms with E-state index in [9.17, 15) is 0 Å². The second kappa shape index (κ2) is 7.62. The van der Waals surface area contributed by atoms with Gasteiger partial charge in [0.05, 0.1) is 11.4 Å². The highest BCUT2D eigenvalue weighted by Crippen LogP contribution is 2.21. The van der Waals surface area contributed by atoms with Crippen molar-refractivity contribution in [2.75, 3.05) is 25.0 Å². The number of rotatable bonds is 5. The summed E-state index contributed by atoms with van der Waals surface area (Å²) in [4.78, 5) is 22.0. The molecule has 0 fully saturated rings. The van der Waals surface area contributed by atoms with E-state index in [0.717, 1.165) is 61.1 Å². The molecule has 8 heteroatoms. The summed E-state index contributed by atoms with van der Waals surface area (Å²) in [5.41, 5.74) is 3.44. The minimum absolute atomic E-state index is 0.681. The number of anilines is 1. The van der Waals surface area contributed by atoms with E-state index in [0.29, 0.717) is 5.82 Å². The lowest BCUT2D eigenvalue weighted by molar-refractivity contribution is 0.708. The van der Waals surface area contributed by atoms with Crippen LogP contribution < -0.4 is 10.6 Å². The highest BCUT2D eigenvalue weighted by Gasteiger charge is 2.14. The summed E-state index contributed by atoms with van der Waals surface area (Å²) in [5, 5.41) is 9.78. The van der Waals surface area contributed by atoms with Gasteiger partial charge in [-0.1, -0.05) is 0 Å². The van der Waals surface area contributed by atoms with Gasteiger partial charge in [-0.25, -0.2) is 24.9 Å². The molecule has 3 aromatic rings. The van der Waals surface area contributed by atoms with Crippen LogP contribution in [0.3, 0.4) is 0 Å². The number of hydrogen-bond acceptors (Lipinski definition) is 8. The number of nitrogens with zero attached hydrogens (tertiary/aromatic N) is 5. The molecule has 0 saturated carbocycles. The molecule has 0 aliphatic carbocycles. The van der Waals surface area contributed by atoms with Crippen LogP contribution in [0.4, 0.5) is 5.82 Å². The van der Waals surface area contributed by atoms with Crippen molar-refractivity contribution in [1.82, 2.24) is 30.2 Å². The molecule has 0 atom stereocenters. The van der Waals surface area contributed by atoms with Crippen molar-refractivity contribution in [2.24, 2.45) is 0 Å². The van der Waals surface area contributed by atoms with Crippen molar-refractivity contribution >= 4 is 17.2 Å². The highest BCUT2D eigenvalue weighted by molar-refractivity contribution is 7.13. The maximum absolute atomic E-state index is 4.62. The van der Waals surface area contributed by atoms with E-state index in [1.165, 1.54) is 5.56 Å². The number of fused-ring (bicyclic) bond motifs is 1. The molecule has 4 heterocycles. The largest absolute Gasteiger partial charge is 0.369 e. The first-order valence-electron chi connectivity index (χ1n) is 8.39. The maximum Gasteiger partial charge on any atom is 0.188 e. The third-order valence-corrected chi connectivity index (χ3v) is 4.99. The van der Waals surface area contributed by atoms with Crippen LogP contribution in [0.1, 0.15) is 17.0 Å². The molecular weight excluding hydrogens is 334 g/mol. The lowest BCUT2D eigenvalue weighted by Gasteiger charge is -2.11. The van der Waals surface area contributed by atoms with Crippen molar-refractivity contribution in [3.8, 4) is 10.8 Å². The number of hydrogen-bond donors (Lipinski definition) is 2. The summed E-state index contributed by atoms with van der Waals surface area (Å²) < 4.78 is 0. The van der Waals surface area contributed by atoms with Crippen LogP contribution in [-0.2, 0) is 19.3 Å². The Labute approximate surface area is 150 Å². The Kier molecular flexibility index (Phi) is 4.89. The SMILES string of the molecule is c1cnc(-c2nc(CCNc3ncnc4c3CCNCC4)cs2)nc1. The van der Waals surface area contributed by atoms with Crippen LogP contribution in [0.25, 0.3) is 10.8 Å². The summed E-state index contributed by atoms with van der Waals surface area (Å²) in [6.07, 6.45) is 7.88. The van der Waals surface area contributed by atoms with Gasteiger partial charge in [0.2, 0.25) is 0 Å². The molecule has 4 rings (SSSR count). The Morgan fingerprint density at radius 2 is 1.96 bits per heavy atom. The Bertz CT molecular complexity index is 834. The van der Waals surface area contributed by atoms with Crippen LogP contribution in [-0.4, -0.2) is 44.6 Å². The summed E-state index contributed by atoms with van der Waals surface area (Å²) >= 11 is 1.58. The summed E-state index contributed by atoms with van der Waals surface area (Å²) in [5.74, 6) is 1.64. The van der Waals surface area contributed by atoms with Gasteiger partial charge in [0.25, 0.3) is 0 Å². The smallest absolute Gasteiger partial charge is 0.188 e. The second-order valence-electron chi connectivity index (χ2n) is 5.79. The zero-order valence-corrected chi connectivity index (χ0v) is 14.6. The van der Waals surface area contributed by atoms with Gasteiger partial charge < -0.3 is 10.6 Å². The minimum atomic E-state index is 0.681. The summed E-state index contributed by atoms with van der Waals surface area (Å²) in [7, 11) is 0. The minimum Gasteiger partial charge on any atom is -0.369 e. The second-order valence-corrected chi connectivity index (χ2v) is 6.65. The molecular formula is C17H19N7S. The molecule has 0 aromatic carbocycles.